The Hall–Kier alpha value is -1.97. The number of hydrogen-bond acceptors (Lipinski definition) is 3. The van der Waals surface area contributed by atoms with Gasteiger partial charge in [-0.3, -0.25) is 4.68 Å². The highest BCUT2D eigenvalue weighted by molar-refractivity contribution is 5.77. The molecule has 0 radical (unpaired) electrons. The van der Waals surface area contributed by atoms with Gasteiger partial charge in [0.1, 0.15) is 11.6 Å². The van der Waals surface area contributed by atoms with E-state index < -0.39 is 0 Å². The highest BCUT2D eigenvalue weighted by atomic mass is 16.5. The van der Waals surface area contributed by atoms with E-state index in [0.717, 1.165) is 41.8 Å². The first-order valence-electron chi connectivity index (χ1n) is 6.63. The number of methoxy groups -OCH3 is 1. The summed E-state index contributed by atoms with van der Waals surface area (Å²) in [6.45, 7) is 2.18. The molecular weight excluding hydrogens is 238 g/mol. The predicted octanol–water partition coefficient (Wildman–Crippen LogP) is 3.02. The zero-order valence-corrected chi connectivity index (χ0v) is 11.8. The third-order valence-corrected chi connectivity index (χ3v) is 3.29. The smallest absolute Gasteiger partial charge is 0.129 e. The van der Waals surface area contributed by atoms with Crippen LogP contribution in [-0.4, -0.2) is 16.9 Å². The van der Waals surface area contributed by atoms with Gasteiger partial charge >= 0.3 is 0 Å². The number of nitrogens with zero attached hydrogens (tertiary/aromatic N) is 2. The van der Waals surface area contributed by atoms with E-state index in [1.165, 1.54) is 0 Å². The Balaban J connectivity index is 2.46. The van der Waals surface area contributed by atoms with E-state index >= 15 is 0 Å². The van der Waals surface area contributed by atoms with Crippen molar-refractivity contribution in [2.24, 2.45) is 7.05 Å². The van der Waals surface area contributed by atoms with Gasteiger partial charge in [-0.05, 0) is 30.5 Å². The van der Waals surface area contributed by atoms with Crippen LogP contribution in [0.5, 0.6) is 5.75 Å². The minimum Gasteiger partial charge on any atom is -0.497 e. The summed E-state index contributed by atoms with van der Waals surface area (Å²) < 4.78 is 7.03. The molecule has 19 heavy (non-hydrogen) atoms. The minimum absolute atomic E-state index is 0.708. The highest BCUT2D eigenvalue weighted by Crippen LogP contribution is 2.32. The Morgan fingerprint density at radius 1 is 1.37 bits per heavy atom. The molecule has 0 unspecified atom stereocenters. The van der Waals surface area contributed by atoms with Crippen LogP contribution in [0.25, 0.3) is 11.1 Å². The molecule has 1 aromatic carbocycles. The second-order valence-electron chi connectivity index (χ2n) is 4.67. The maximum atomic E-state index is 6.16. The van der Waals surface area contributed by atoms with Gasteiger partial charge in [0.05, 0.1) is 12.8 Å². The number of aryl methyl sites for hydroxylation is 2. The molecule has 2 aromatic rings. The standard InChI is InChI=1S/C15H21N3O/c1-4-5-9-13-14(15(16)18(2)17-13)11-7-6-8-12(10-11)19-3/h6-8,10H,4-5,9,16H2,1-3H3. The quantitative estimate of drug-likeness (QED) is 0.898. The zero-order chi connectivity index (χ0) is 13.8. The molecule has 0 amide bonds. The summed E-state index contributed by atoms with van der Waals surface area (Å²) in [5, 5.41) is 4.53. The first-order valence-corrected chi connectivity index (χ1v) is 6.63. The lowest BCUT2D eigenvalue weighted by molar-refractivity contribution is 0.415. The van der Waals surface area contributed by atoms with Crippen LogP contribution in [-0.2, 0) is 13.5 Å². The third kappa shape index (κ3) is 2.72. The van der Waals surface area contributed by atoms with Crippen molar-refractivity contribution in [3.05, 3.63) is 30.0 Å². The van der Waals surface area contributed by atoms with Crippen molar-refractivity contribution >= 4 is 5.82 Å². The first-order chi connectivity index (χ1) is 9.17. The molecule has 102 valence electrons. The molecule has 2 N–H and O–H groups in total. The average Bonchev–Trinajstić information content (AvgIpc) is 2.72. The summed E-state index contributed by atoms with van der Waals surface area (Å²) in [7, 11) is 3.55. The molecule has 0 fully saturated rings. The zero-order valence-electron chi connectivity index (χ0n) is 11.8. The van der Waals surface area contributed by atoms with Crippen LogP contribution >= 0.6 is 0 Å². The number of rotatable bonds is 5. The summed E-state index contributed by atoms with van der Waals surface area (Å²) in [4.78, 5) is 0. The van der Waals surface area contributed by atoms with Crippen molar-refractivity contribution in [1.82, 2.24) is 9.78 Å². The predicted molar refractivity (Wildman–Crippen MR) is 78.2 cm³/mol. The van der Waals surface area contributed by atoms with Crippen molar-refractivity contribution in [3.63, 3.8) is 0 Å². The molecule has 0 aliphatic rings. The summed E-state index contributed by atoms with van der Waals surface area (Å²) >= 11 is 0. The van der Waals surface area contributed by atoms with Crippen molar-refractivity contribution in [2.45, 2.75) is 26.2 Å². The molecule has 0 aliphatic carbocycles. The fraction of sp³-hybridized carbons (Fsp3) is 0.400. The summed E-state index contributed by atoms with van der Waals surface area (Å²) in [6.07, 6.45) is 3.22. The minimum atomic E-state index is 0.708. The lowest BCUT2D eigenvalue weighted by Gasteiger charge is -2.06. The fourth-order valence-corrected chi connectivity index (χ4v) is 2.21. The number of benzene rings is 1. The monoisotopic (exact) mass is 259 g/mol. The summed E-state index contributed by atoms with van der Waals surface area (Å²) in [5.41, 5.74) is 9.33. The molecule has 4 heteroatoms. The molecule has 1 heterocycles. The Morgan fingerprint density at radius 2 is 2.16 bits per heavy atom. The van der Waals surface area contributed by atoms with E-state index in [4.69, 9.17) is 10.5 Å². The Bertz CT molecular complexity index is 561. The molecule has 0 aliphatic heterocycles. The van der Waals surface area contributed by atoms with Crippen molar-refractivity contribution in [3.8, 4) is 16.9 Å². The van der Waals surface area contributed by atoms with Crippen LogP contribution in [0.15, 0.2) is 24.3 Å². The van der Waals surface area contributed by atoms with Crippen molar-refractivity contribution in [1.29, 1.82) is 0 Å². The number of ether oxygens (including phenoxy) is 1. The average molecular weight is 259 g/mol. The van der Waals surface area contributed by atoms with E-state index in [2.05, 4.69) is 12.0 Å². The molecule has 0 saturated carbocycles. The van der Waals surface area contributed by atoms with Crippen LogP contribution in [0.4, 0.5) is 5.82 Å². The number of nitrogens with two attached hydrogens (primary N) is 1. The van der Waals surface area contributed by atoms with Crippen LogP contribution < -0.4 is 10.5 Å². The molecule has 0 atom stereocenters. The van der Waals surface area contributed by atoms with Gasteiger partial charge in [0.25, 0.3) is 0 Å². The molecular formula is C15H21N3O. The van der Waals surface area contributed by atoms with Gasteiger partial charge < -0.3 is 10.5 Å². The molecule has 0 bridgehead atoms. The van der Waals surface area contributed by atoms with Crippen LogP contribution in [0, 0.1) is 0 Å². The van der Waals surface area contributed by atoms with Gasteiger partial charge in [-0.1, -0.05) is 25.5 Å². The topological polar surface area (TPSA) is 53.1 Å². The van der Waals surface area contributed by atoms with Gasteiger partial charge in [0.2, 0.25) is 0 Å². The van der Waals surface area contributed by atoms with E-state index in [1.807, 2.05) is 31.3 Å². The Kier molecular flexibility index (Phi) is 4.10. The van der Waals surface area contributed by atoms with Gasteiger partial charge in [-0.2, -0.15) is 5.10 Å². The number of nitrogen functional groups attached to an aromatic ring is 1. The Labute approximate surface area is 114 Å². The van der Waals surface area contributed by atoms with E-state index in [9.17, 15) is 0 Å². The van der Waals surface area contributed by atoms with Gasteiger partial charge in [-0.15, -0.1) is 0 Å². The third-order valence-electron chi connectivity index (χ3n) is 3.29. The lowest BCUT2D eigenvalue weighted by atomic mass is 10.0. The second kappa shape index (κ2) is 5.78. The number of unbranched alkanes of at least 4 members (excludes halogenated alkanes) is 1. The SMILES string of the molecule is CCCCc1nn(C)c(N)c1-c1cccc(OC)c1. The maximum Gasteiger partial charge on any atom is 0.129 e. The van der Waals surface area contributed by atoms with Crippen molar-refractivity contribution in [2.75, 3.05) is 12.8 Å². The van der Waals surface area contributed by atoms with Crippen LogP contribution in [0.2, 0.25) is 0 Å². The van der Waals surface area contributed by atoms with Gasteiger partial charge in [-0.25, -0.2) is 0 Å². The second-order valence-corrected chi connectivity index (χ2v) is 4.67. The normalized spacial score (nSPS) is 10.7. The van der Waals surface area contributed by atoms with Gasteiger partial charge in [0.15, 0.2) is 0 Å². The van der Waals surface area contributed by atoms with Gasteiger partial charge in [0, 0.05) is 12.6 Å². The summed E-state index contributed by atoms with van der Waals surface area (Å²) in [5.74, 6) is 1.54. The van der Waals surface area contributed by atoms with E-state index in [-0.39, 0.29) is 0 Å². The fourth-order valence-electron chi connectivity index (χ4n) is 2.21. The van der Waals surface area contributed by atoms with Crippen LogP contribution in [0.3, 0.4) is 0 Å². The maximum absolute atomic E-state index is 6.16. The molecule has 4 nitrogen and oxygen atoms in total. The number of anilines is 1. The van der Waals surface area contributed by atoms with E-state index in [0.29, 0.717) is 5.82 Å². The first kappa shape index (κ1) is 13.5. The molecule has 2 rings (SSSR count). The van der Waals surface area contributed by atoms with E-state index in [1.54, 1.807) is 11.8 Å². The molecule has 0 spiro atoms. The molecule has 1 aromatic heterocycles. The van der Waals surface area contributed by atoms with Crippen LogP contribution in [0.1, 0.15) is 25.5 Å². The largest absolute Gasteiger partial charge is 0.497 e. The summed E-state index contributed by atoms with van der Waals surface area (Å²) in [6, 6.07) is 7.96. The molecule has 0 saturated heterocycles. The lowest BCUT2D eigenvalue weighted by Crippen LogP contribution is -1.98. The van der Waals surface area contributed by atoms with Crippen molar-refractivity contribution < 1.29 is 4.74 Å². The highest BCUT2D eigenvalue weighted by Gasteiger charge is 2.15. The Morgan fingerprint density at radius 3 is 2.84 bits per heavy atom. The number of hydrogen-bond donors (Lipinski definition) is 1. The number of aromatic nitrogens is 2.